The van der Waals surface area contributed by atoms with Gasteiger partial charge in [0.1, 0.15) is 0 Å². The van der Waals surface area contributed by atoms with Crippen LogP contribution in [-0.4, -0.2) is 20.9 Å². The van der Waals surface area contributed by atoms with E-state index in [4.69, 9.17) is 16.7 Å². The summed E-state index contributed by atoms with van der Waals surface area (Å²) in [6.07, 6.45) is 0. The molecule has 2 heterocycles. The number of aromatic carboxylic acids is 1. The Hall–Kier alpha value is -1.66. The van der Waals surface area contributed by atoms with Gasteiger partial charge in [-0.1, -0.05) is 11.6 Å². The molecule has 1 N–H and O–H groups in total. The molecule has 2 rings (SSSR count). The Balaban J connectivity index is 2.35. The maximum atomic E-state index is 11.5. The Morgan fingerprint density at radius 2 is 2.18 bits per heavy atom. The highest BCUT2D eigenvalue weighted by Gasteiger charge is 2.08. The lowest BCUT2D eigenvalue weighted by Gasteiger charge is -2.02. The molecule has 0 saturated carbocycles. The third kappa shape index (κ3) is 2.72. The van der Waals surface area contributed by atoms with E-state index in [2.05, 4.69) is 5.10 Å². The average Bonchev–Trinajstić information content (AvgIpc) is 2.67. The standard InChI is InChI=1S/C10H7ClN2O3S/c11-8-3-1-6(17-8)5-13-9(14)4-2-7(12-13)10(15)16/h1-4H,5H2,(H,15,16). The van der Waals surface area contributed by atoms with E-state index in [9.17, 15) is 9.59 Å². The maximum absolute atomic E-state index is 11.5. The number of thiophene rings is 1. The summed E-state index contributed by atoms with van der Waals surface area (Å²) in [7, 11) is 0. The quantitative estimate of drug-likeness (QED) is 0.921. The van der Waals surface area contributed by atoms with Crippen LogP contribution < -0.4 is 5.56 Å². The largest absolute Gasteiger partial charge is 0.476 e. The highest BCUT2D eigenvalue weighted by atomic mass is 35.5. The predicted octanol–water partition coefficient (Wildman–Crippen LogP) is 1.70. The van der Waals surface area contributed by atoms with Crippen molar-refractivity contribution in [2.45, 2.75) is 6.54 Å². The summed E-state index contributed by atoms with van der Waals surface area (Å²) in [5, 5.41) is 12.5. The van der Waals surface area contributed by atoms with Crippen molar-refractivity contribution >= 4 is 28.9 Å². The van der Waals surface area contributed by atoms with Crippen molar-refractivity contribution in [3.05, 3.63) is 49.5 Å². The zero-order chi connectivity index (χ0) is 12.4. The maximum Gasteiger partial charge on any atom is 0.356 e. The SMILES string of the molecule is O=C(O)c1ccc(=O)n(Cc2ccc(Cl)s2)n1. The molecule has 2 aromatic rings. The molecular formula is C10H7ClN2O3S. The van der Waals surface area contributed by atoms with E-state index in [1.807, 2.05) is 0 Å². The molecule has 0 atom stereocenters. The van der Waals surface area contributed by atoms with Crippen LogP contribution in [-0.2, 0) is 6.54 Å². The first-order valence-corrected chi connectivity index (χ1v) is 5.81. The van der Waals surface area contributed by atoms with Gasteiger partial charge in [-0.05, 0) is 18.2 Å². The number of carboxylic acid groups (broad SMARTS) is 1. The summed E-state index contributed by atoms with van der Waals surface area (Å²) in [6, 6.07) is 5.86. The monoisotopic (exact) mass is 270 g/mol. The molecule has 0 fully saturated rings. The van der Waals surface area contributed by atoms with Crippen molar-refractivity contribution in [1.29, 1.82) is 0 Å². The fourth-order valence-electron chi connectivity index (χ4n) is 1.26. The van der Waals surface area contributed by atoms with Gasteiger partial charge in [0.2, 0.25) is 0 Å². The number of halogens is 1. The second kappa shape index (κ2) is 4.68. The van der Waals surface area contributed by atoms with Gasteiger partial charge in [-0.2, -0.15) is 5.10 Å². The van der Waals surface area contributed by atoms with E-state index in [-0.39, 0.29) is 17.8 Å². The number of rotatable bonds is 3. The van der Waals surface area contributed by atoms with Gasteiger partial charge in [-0.3, -0.25) is 4.79 Å². The molecule has 2 aromatic heterocycles. The molecule has 0 spiro atoms. The Morgan fingerprint density at radius 1 is 1.41 bits per heavy atom. The molecule has 0 aliphatic carbocycles. The second-order valence-corrected chi connectivity index (χ2v) is 5.03. The summed E-state index contributed by atoms with van der Waals surface area (Å²) in [5.74, 6) is -1.16. The van der Waals surface area contributed by atoms with E-state index in [0.29, 0.717) is 4.34 Å². The lowest BCUT2D eigenvalue weighted by Crippen LogP contribution is -2.24. The van der Waals surface area contributed by atoms with Gasteiger partial charge in [-0.25, -0.2) is 9.48 Å². The molecule has 17 heavy (non-hydrogen) atoms. The van der Waals surface area contributed by atoms with E-state index in [0.717, 1.165) is 9.56 Å². The fraction of sp³-hybridized carbons (Fsp3) is 0.100. The fourth-order valence-corrected chi connectivity index (χ4v) is 2.33. The average molecular weight is 271 g/mol. The Bertz CT molecular complexity index is 620. The number of carbonyl (C=O) groups is 1. The first-order valence-electron chi connectivity index (χ1n) is 4.62. The Kier molecular flexibility index (Phi) is 3.26. The molecule has 0 saturated heterocycles. The smallest absolute Gasteiger partial charge is 0.356 e. The zero-order valence-corrected chi connectivity index (χ0v) is 10.0. The lowest BCUT2D eigenvalue weighted by atomic mass is 10.4. The van der Waals surface area contributed by atoms with Crippen LogP contribution >= 0.6 is 22.9 Å². The molecule has 0 aliphatic heterocycles. The number of nitrogens with zero attached hydrogens (tertiary/aromatic N) is 2. The van der Waals surface area contributed by atoms with E-state index < -0.39 is 5.97 Å². The summed E-state index contributed by atoms with van der Waals surface area (Å²) >= 11 is 7.09. The van der Waals surface area contributed by atoms with Crippen LogP contribution in [0, 0.1) is 0 Å². The molecular weight excluding hydrogens is 264 g/mol. The van der Waals surface area contributed by atoms with Crippen molar-refractivity contribution in [2.75, 3.05) is 0 Å². The Morgan fingerprint density at radius 3 is 2.76 bits per heavy atom. The van der Waals surface area contributed by atoms with Crippen molar-refractivity contribution < 1.29 is 9.90 Å². The van der Waals surface area contributed by atoms with Crippen LogP contribution in [0.5, 0.6) is 0 Å². The second-order valence-electron chi connectivity index (χ2n) is 3.23. The normalized spacial score (nSPS) is 10.4. The van der Waals surface area contributed by atoms with Crippen molar-refractivity contribution in [3.63, 3.8) is 0 Å². The topological polar surface area (TPSA) is 72.2 Å². The molecule has 0 aromatic carbocycles. The minimum Gasteiger partial charge on any atom is -0.476 e. The molecule has 88 valence electrons. The minimum atomic E-state index is -1.16. The summed E-state index contributed by atoms with van der Waals surface area (Å²) in [5.41, 5.74) is -0.508. The highest BCUT2D eigenvalue weighted by molar-refractivity contribution is 7.16. The van der Waals surface area contributed by atoms with E-state index in [1.54, 1.807) is 12.1 Å². The first-order chi connectivity index (χ1) is 8.06. The number of hydrogen-bond acceptors (Lipinski definition) is 4. The van der Waals surface area contributed by atoms with Gasteiger partial charge in [0.05, 0.1) is 10.9 Å². The third-order valence-corrected chi connectivity index (χ3v) is 3.24. The molecule has 0 unspecified atom stereocenters. The van der Waals surface area contributed by atoms with Crippen LogP contribution in [0.25, 0.3) is 0 Å². The first kappa shape index (κ1) is 11.8. The number of carboxylic acids is 1. The van der Waals surface area contributed by atoms with E-state index >= 15 is 0 Å². The molecule has 0 amide bonds. The molecule has 7 heteroatoms. The lowest BCUT2D eigenvalue weighted by molar-refractivity contribution is 0.0687. The van der Waals surface area contributed by atoms with Crippen LogP contribution in [0.3, 0.4) is 0 Å². The predicted molar refractivity (Wildman–Crippen MR) is 63.9 cm³/mol. The van der Waals surface area contributed by atoms with Gasteiger partial charge >= 0.3 is 5.97 Å². The van der Waals surface area contributed by atoms with Crippen molar-refractivity contribution in [1.82, 2.24) is 9.78 Å². The van der Waals surface area contributed by atoms with Crippen LogP contribution in [0.4, 0.5) is 0 Å². The van der Waals surface area contributed by atoms with Crippen molar-refractivity contribution in [2.24, 2.45) is 0 Å². The number of aromatic nitrogens is 2. The summed E-state index contributed by atoms with van der Waals surface area (Å²) < 4.78 is 1.72. The van der Waals surface area contributed by atoms with Gasteiger partial charge in [0.25, 0.3) is 5.56 Å². The number of hydrogen-bond donors (Lipinski definition) is 1. The van der Waals surface area contributed by atoms with Crippen LogP contribution in [0.15, 0.2) is 29.1 Å². The van der Waals surface area contributed by atoms with Gasteiger partial charge < -0.3 is 5.11 Å². The van der Waals surface area contributed by atoms with Crippen LogP contribution in [0.2, 0.25) is 4.34 Å². The van der Waals surface area contributed by atoms with Gasteiger partial charge in [-0.15, -0.1) is 11.3 Å². The third-order valence-electron chi connectivity index (χ3n) is 2.02. The summed E-state index contributed by atoms with van der Waals surface area (Å²) in [6.45, 7) is 0.220. The summed E-state index contributed by atoms with van der Waals surface area (Å²) in [4.78, 5) is 23.0. The highest BCUT2D eigenvalue weighted by Crippen LogP contribution is 2.21. The molecule has 0 bridgehead atoms. The minimum absolute atomic E-state index is 0.160. The van der Waals surface area contributed by atoms with Crippen LogP contribution in [0.1, 0.15) is 15.4 Å². The van der Waals surface area contributed by atoms with Gasteiger partial charge in [0, 0.05) is 10.9 Å². The van der Waals surface area contributed by atoms with Gasteiger partial charge in [0.15, 0.2) is 5.69 Å². The molecule has 0 aliphatic rings. The van der Waals surface area contributed by atoms with Crippen molar-refractivity contribution in [3.8, 4) is 0 Å². The molecule has 5 nitrogen and oxygen atoms in total. The Labute approximate surface area is 105 Å². The molecule has 0 radical (unpaired) electrons. The van der Waals surface area contributed by atoms with E-state index in [1.165, 1.54) is 23.5 Å². The zero-order valence-electron chi connectivity index (χ0n) is 8.46.